The van der Waals surface area contributed by atoms with Gasteiger partial charge in [-0.2, -0.15) is 4.31 Å². The fourth-order valence-corrected chi connectivity index (χ4v) is 5.78. The van der Waals surface area contributed by atoms with Crippen molar-refractivity contribution in [1.29, 1.82) is 0 Å². The summed E-state index contributed by atoms with van der Waals surface area (Å²) in [6.45, 7) is 0.707. The van der Waals surface area contributed by atoms with Gasteiger partial charge in [-0.1, -0.05) is 22.9 Å². The molecule has 0 atom stereocenters. The highest BCUT2D eigenvalue weighted by Crippen LogP contribution is 2.29. The summed E-state index contributed by atoms with van der Waals surface area (Å²) in [7, 11) is -3.97. The van der Waals surface area contributed by atoms with Crippen LogP contribution in [0.5, 0.6) is 0 Å². The van der Waals surface area contributed by atoms with Crippen molar-refractivity contribution in [3.8, 4) is 0 Å². The molecule has 0 radical (unpaired) electrons. The molecule has 1 aromatic heterocycles. The number of carbonyl (C=O) groups excluding carboxylic acids is 1. The minimum Gasteiger partial charge on any atom is -0.298 e. The summed E-state index contributed by atoms with van der Waals surface area (Å²) in [4.78, 5) is 16.4. The van der Waals surface area contributed by atoms with Crippen LogP contribution in [0.25, 0.3) is 10.2 Å². The SMILES string of the molecule is O=C(Nc1nc2ccc(Cl)cc2s1)c1ccc(F)c(S(=O)(=O)N2CCCC2)c1. The average molecular weight is 440 g/mol. The summed E-state index contributed by atoms with van der Waals surface area (Å²) in [5, 5.41) is 3.53. The van der Waals surface area contributed by atoms with E-state index in [0.29, 0.717) is 28.8 Å². The van der Waals surface area contributed by atoms with Crippen LogP contribution in [0.3, 0.4) is 0 Å². The molecule has 1 N–H and O–H groups in total. The summed E-state index contributed by atoms with van der Waals surface area (Å²) in [6, 6.07) is 8.49. The summed E-state index contributed by atoms with van der Waals surface area (Å²) < 4.78 is 41.6. The Balaban J connectivity index is 1.62. The van der Waals surface area contributed by atoms with Gasteiger partial charge in [0.15, 0.2) is 5.13 Å². The first-order valence-corrected chi connectivity index (χ1v) is 11.2. The monoisotopic (exact) mass is 439 g/mol. The van der Waals surface area contributed by atoms with Crippen LogP contribution in [0.4, 0.5) is 9.52 Å². The molecular formula is C18H15ClFN3O3S2. The van der Waals surface area contributed by atoms with E-state index in [-0.39, 0.29) is 5.56 Å². The third kappa shape index (κ3) is 3.62. The van der Waals surface area contributed by atoms with E-state index < -0.39 is 26.6 Å². The van der Waals surface area contributed by atoms with Crippen LogP contribution < -0.4 is 5.32 Å². The second-order valence-electron chi connectivity index (χ2n) is 6.34. The molecule has 1 amide bonds. The van der Waals surface area contributed by atoms with Crippen molar-refractivity contribution in [3.63, 3.8) is 0 Å². The zero-order valence-electron chi connectivity index (χ0n) is 14.5. The molecule has 0 aliphatic carbocycles. The highest BCUT2D eigenvalue weighted by atomic mass is 35.5. The predicted molar refractivity (Wildman–Crippen MR) is 107 cm³/mol. The number of rotatable bonds is 4. The van der Waals surface area contributed by atoms with Crippen LogP contribution in [-0.4, -0.2) is 36.7 Å². The Bertz CT molecular complexity index is 1170. The van der Waals surface area contributed by atoms with Gasteiger partial charge in [0.1, 0.15) is 10.7 Å². The number of aromatic nitrogens is 1. The third-order valence-corrected chi connectivity index (χ3v) is 7.53. The summed E-state index contributed by atoms with van der Waals surface area (Å²) >= 11 is 7.19. The van der Waals surface area contributed by atoms with E-state index in [4.69, 9.17) is 11.6 Å². The lowest BCUT2D eigenvalue weighted by atomic mass is 10.2. The molecule has 0 saturated carbocycles. The normalized spacial score (nSPS) is 15.2. The fourth-order valence-electron chi connectivity index (χ4n) is 3.03. The molecule has 146 valence electrons. The maximum atomic E-state index is 14.2. The Morgan fingerprint density at radius 2 is 1.93 bits per heavy atom. The summed E-state index contributed by atoms with van der Waals surface area (Å²) in [6.07, 6.45) is 1.48. The molecular weight excluding hydrogens is 425 g/mol. The molecule has 28 heavy (non-hydrogen) atoms. The number of carbonyl (C=O) groups is 1. The van der Waals surface area contributed by atoms with Gasteiger partial charge in [-0.15, -0.1) is 0 Å². The Kier molecular flexibility index (Phi) is 5.09. The van der Waals surface area contributed by atoms with E-state index in [1.54, 1.807) is 18.2 Å². The zero-order valence-corrected chi connectivity index (χ0v) is 16.9. The summed E-state index contributed by atoms with van der Waals surface area (Å²) in [5.74, 6) is -1.44. The first kappa shape index (κ1) is 19.3. The van der Waals surface area contributed by atoms with E-state index in [1.165, 1.54) is 21.7 Å². The van der Waals surface area contributed by atoms with Crippen molar-refractivity contribution in [2.45, 2.75) is 17.7 Å². The predicted octanol–water partition coefficient (Wildman–Crippen LogP) is 4.13. The van der Waals surface area contributed by atoms with E-state index >= 15 is 0 Å². The van der Waals surface area contributed by atoms with Gasteiger partial charge in [0.05, 0.1) is 10.2 Å². The van der Waals surface area contributed by atoms with Crippen molar-refractivity contribution in [2.24, 2.45) is 0 Å². The average Bonchev–Trinajstić information content (AvgIpc) is 3.31. The Hall–Kier alpha value is -2.07. The first-order chi connectivity index (χ1) is 13.3. The van der Waals surface area contributed by atoms with E-state index in [2.05, 4.69) is 10.3 Å². The molecule has 0 bridgehead atoms. The molecule has 2 aromatic carbocycles. The van der Waals surface area contributed by atoms with Gasteiger partial charge >= 0.3 is 0 Å². The number of hydrogen-bond acceptors (Lipinski definition) is 5. The van der Waals surface area contributed by atoms with E-state index in [1.807, 2.05) is 0 Å². The minimum absolute atomic E-state index is 0.0384. The number of anilines is 1. The lowest BCUT2D eigenvalue weighted by Crippen LogP contribution is -2.29. The maximum Gasteiger partial charge on any atom is 0.257 e. The molecule has 3 aromatic rings. The van der Waals surface area contributed by atoms with Crippen molar-refractivity contribution in [3.05, 3.63) is 52.8 Å². The number of amides is 1. The van der Waals surface area contributed by atoms with Crippen molar-refractivity contribution in [2.75, 3.05) is 18.4 Å². The molecule has 10 heteroatoms. The second-order valence-corrected chi connectivity index (χ2v) is 9.72. The Morgan fingerprint density at radius 3 is 2.68 bits per heavy atom. The van der Waals surface area contributed by atoms with Gasteiger partial charge in [0.25, 0.3) is 5.91 Å². The van der Waals surface area contributed by atoms with Crippen LogP contribution in [0.1, 0.15) is 23.2 Å². The van der Waals surface area contributed by atoms with Gasteiger partial charge in [-0.25, -0.2) is 17.8 Å². The number of halogens is 2. The quantitative estimate of drug-likeness (QED) is 0.663. The molecule has 2 heterocycles. The van der Waals surface area contributed by atoms with Crippen LogP contribution in [0.2, 0.25) is 5.02 Å². The molecule has 1 saturated heterocycles. The summed E-state index contributed by atoms with van der Waals surface area (Å²) in [5.41, 5.74) is 0.720. The number of sulfonamides is 1. The van der Waals surface area contributed by atoms with Gasteiger partial charge in [-0.05, 0) is 49.2 Å². The van der Waals surface area contributed by atoms with Gasteiger partial charge in [0.2, 0.25) is 10.0 Å². The highest BCUT2D eigenvalue weighted by molar-refractivity contribution is 7.89. The molecule has 6 nitrogen and oxygen atoms in total. The van der Waals surface area contributed by atoms with E-state index in [9.17, 15) is 17.6 Å². The van der Waals surface area contributed by atoms with E-state index in [0.717, 1.165) is 29.7 Å². The second kappa shape index (κ2) is 7.40. The Morgan fingerprint density at radius 1 is 1.18 bits per heavy atom. The van der Waals surface area contributed by atoms with Crippen molar-refractivity contribution >= 4 is 54.2 Å². The zero-order chi connectivity index (χ0) is 19.9. The number of nitrogens with one attached hydrogen (secondary N) is 1. The smallest absolute Gasteiger partial charge is 0.257 e. The number of hydrogen-bond donors (Lipinski definition) is 1. The number of benzene rings is 2. The maximum absolute atomic E-state index is 14.2. The largest absolute Gasteiger partial charge is 0.298 e. The minimum atomic E-state index is -3.97. The standard InChI is InChI=1S/C18H15ClFN3O3S2/c19-12-4-6-14-15(10-12)27-18(21-14)22-17(24)11-3-5-13(20)16(9-11)28(25,26)23-7-1-2-8-23/h3-6,9-10H,1-2,7-8H2,(H,21,22,24). The molecule has 4 rings (SSSR count). The van der Waals surface area contributed by atoms with Crippen LogP contribution in [-0.2, 0) is 10.0 Å². The molecule has 1 aliphatic rings. The molecule has 0 spiro atoms. The van der Waals surface area contributed by atoms with Crippen LogP contribution >= 0.6 is 22.9 Å². The molecule has 1 aliphatic heterocycles. The Labute approximate surface area is 170 Å². The molecule has 0 unspecified atom stereocenters. The first-order valence-electron chi connectivity index (χ1n) is 8.52. The third-order valence-electron chi connectivity index (χ3n) is 4.45. The van der Waals surface area contributed by atoms with Gasteiger partial charge in [0, 0.05) is 23.7 Å². The molecule has 1 fully saturated rings. The van der Waals surface area contributed by atoms with Crippen molar-refractivity contribution in [1.82, 2.24) is 9.29 Å². The lowest BCUT2D eigenvalue weighted by Gasteiger charge is -2.16. The van der Waals surface area contributed by atoms with Gasteiger partial charge in [-0.3, -0.25) is 10.1 Å². The number of fused-ring (bicyclic) bond motifs is 1. The van der Waals surface area contributed by atoms with Crippen LogP contribution in [0.15, 0.2) is 41.3 Å². The topological polar surface area (TPSA) is 79.4 Å². The lowest BCUT2D eigenvalue weighted by molar-refractivity contribution is 0.102. The number of thiazole rings is 1. The number of nitrogens with zero attached hydrogens (tertiary/aromatic N) is 2. The fraction of sp³-hybridized carbons (Fsp3) is 0.222. The van der Waals surface area contributed by atoms with Crippen LogP contribution in [0, 0.1) is 5.82 Å². The van der Waals surface area contributed by atoms with Gasteiger partial charge < -0.3 is 0 Å². The highest BCUT2D eigenvalue weighted by Gasteiger charge is 2.30. The van der Waals surface area contributed by atoms with Crippen molar-refractivity contribution < 1.29 is 17.6 Å².